The van der Waals surface area contributed by atoms with E-state index in [1.807, 2.05) is 0 Å². The van der Waals surface area contributed by atoms with Crippen LogP contribution in [0.3, 0.4) is 0 Å². The van der Waals surface area contributed by atoms with Crippen LogP contribution in [0.5, 0.6) is 0 Å². The summed E-state index contributed by atoms with van der Waals surface area (Å²) in [5, 5.41) is 11.7. The minimum Gasteiger partial charge on any atom is -0.444 e. The minimum atomic E-state index is -0.502. The molecule has 0 spiro atoms. The summed E-state index contributed by atoms with van der Waals surface area (Å²) in [5.41, 5.74) is -0.502. The third kappa shape index (κ3) is 4.05. The highest BCUT2D eigenvalue weighted by Crippen LogP contribution is 2.14. The standard InChI is InChI=1S/C10H19NO4/c1-10(2,3)15-9(13)11-7-4-5-14-8(7)6-12/h7-8,12H,4-6H2,1-3H3,(H,11,13)/t7-,8?/m1/s1. The van der Waals surface area contributed by atoms with Gasteiger partial charge < -0.3 is 19.9 Å². The van der Waals surface area contributed by atoms with Gasteiger partial charge in [0.05, 0.1) is 12.6 Å². The first kappa shape index (κ1) is 12.3. The second kappa shape index (κ2) is 4.81. The van der Waals surface area contributed by atoms with Crippen molar-refractivity contribution in [3.8, 4) is 0 Å². The van der Waals surface area contributed by atoms with Crippen LogP contribution in [0.1, 0.15) is 27.2 Å². The second-order valence-electron chi connectivity index (χ2n) is 4.63. The monoisotopic (exact) mass is 217 g/mol. The molecule has 5 nitrogen and oxygen atoms in total. The molecule has 1 aliphatic heterocycles. The number of amides is 1. The minimum absolute atomic E-state index is 0.0829. The SMILES string of the molecule is CC(C)(C)OC(=O)N[C@@H]1CCOC1CO. The topological polar surface area (TPSA) is 67.8 Å². The highest BCUT2D eigenvalue weighted by Gasteiger charge is 2.30. The average Bonchev–Trinajstić information content (AvgIpc) is 2.48. The predicted octanol–water partition coefficient (Wildman–Crippen LogP) is 0.661. The lowest BCUT2D eigenvalue weighted by molar-refractivity contribution is 0.0322. The number of aliphatic hydroxyl groups excluding tert-OH is 1. The Bertz CT molecular complexity index is 224. The van der Waals surface area contributed by atoms with Crippen LogP contribution < -0.4 is 5.32 Å². The van der Waals surface area contributed by atoms with Gasteiger partial charge in [0.2, 0.25) is 0 Å². The molecule has 2 N–H and O–H groups in total. The summed E-state index contributed by atoms with van der Waals surface area (Å²) in [4.78, 5) is 11.4. The number of carbonyl (C=O) groups excluding carboxylic acids is 1. The van der Waals surface area contributed by atoms with Crippen LogP contribution in [-0.4, -0.2) is 42.2 Å². The van der Waals surface area contributed by atoms with Gasteiger partial charge >= 0.3 is 6.09 Å². The van der Waals surface area contributed by atoms with Gasteiger partial charge in [-0.25, -0.2) is 4.79 Å². The van der Waals surface area contributed by atoms with E-state index >= 15 is 0 Å². The Morgan fingerprint density at radius 2 is 2.27 bits per heavy atom. The molecule has 0 bridgehead atoms. The van der Waals surface area contributed by atoms with Crippen molar-refractivity contribution in [3.63, 3.8) is 0 Å². The molecule has 1 heterocycles. The molecule has 1 fully saturated rings. The number of aliphatic hydroxyl groups is 1. The molecular weight excluding hydrogens is 198 g/mol. The largest absolute Gasteiger partial charge is 0.444 e. The summed E-state index contributed by atoms with van der Waals surface area (Å²) in [6.07, 6.45) is -0.0567. The van der Waals surface area contributed by atoms with Gasteiger partial charge in [-0.05, 0) is 27.2 Å². The molecule has 1 saturated heterocycles. The van der Waals surface area contributed by atoms with E-state index in [4.69, 9.17) is 14.6 Å². The first-order valence-electron chi connectivity index (χ1n) is 5.14. The smallest absolute Gasteiger partial charge is 0.407 e. The zero-order valence-electron chi connectivity index (χ0n) is 9.45. The Morgan fingerprint density at radius 3 is 2.80 bits per heavy atom. The molecule has 1 amide bonds. The van der Waals surface area contributed by atoms with Crippen LogP contribution in [-0.2, 0) is 9.47 Å². The molecule has 0 aliphatic carbocycles. The van der Waals surface area contributed by atoms with Crippen LogP contribution in [0.25, 0.3) is 0 Å². The van der Waals surface area contributed by atoms with Crippen molar-refractivity contribution in [2.24, 2.45) is 0 Å². The Balaban J connectivity index is 2.37. The van der Waals surface area contributed by atoms with Crippen molar-refractivity contribution in [1.82, 2.24) is 5.32 Å². The summed E-state index contributed by atoms with van der Waals surface area (Å²) < 4.78 is 10.3. The van der Waals surface area contributed by atoms with Crippen molar-refractivity contribution in [3.05, 3.63) is 0 Å². The summed E-state index contributed by atoms with van der Waals surface area (Å²) in [5.74, 6) is 0. The van der Waals surface area contributed by atoms with Crippen molar-refractivity contribution < 1.29 is 19.4 Å². The molecule has 15 heavy (non-hydrogen) atoms. The molecule has 1 rings (SSSR count). The van der Waals surface area contributed by atoms with Gasteiger partial charge in [-0.2, -0.15) is 0 Å². The van der Waals surface area contributed by atoms with Crippen LogP contribution >= 0.6 is 0 Å². The van der Waals surface area contributed by atoms with E-state index in [9.17, 15) is 4.79 Å². The first-order valence-corrected chi connectivity index (χ1v) is 5.14. The summed E-state index contributed by atoms with van der Waals surface area (Å²) in [6.45, 7) is 5.90. The molecule has 5 heteroatoms. The highest BCUT2D eigenvalue weighted by molar-refractivity contribution is 5.68. The predicted molar refractivity (Wildman–Crippen MR) is 54.6 cm³/mol. The molecule has 1 aliphatic rings. The van der Waals surface area contributed by atoms with Gasteiger partial charge in [0.15, 0.2) is 0 Å². The van der Waals surface area contributed by atoms with Gasteiger partial charge in [0, 0.05) is 6.61 Å². The lowest BCUT2D eigenvalue weighted by Gasteiger charge is -2.23. The van der Waals surface area contributed by atoms with Crippen LogP contribution in [0, 0.1) is 0 Å². The summed E-state index contributed by atoms with van der Waals surface area (Å²) >= 11 is 0. The Hall–Kier alpha value is -0.810. The Kier molecular flexibility index (Phi) is 3.93. The lowest BCUT2D eigenvalue weighted by atomic mass is 10.1. The number of carbonyl (C=O) groups is 1. The van der Waals surface area contributed by atoms with Gasteiger partial charge in [-0.15, -0.1) is 0 Å². The van der Waals surface area contributed by atoms with Gasteiger partial charge in [0.25, 0.3) is 0 Å². The van der Waals surface area contributed by atoms with Crippen LogP contribution in [0.4, 0.5) is 4.79 Å². The van der Waals surface area contributed by atoms with Gasteiger partial charge in [-0.3, -0.25) is 0 Å². The highest BCUT2D eigenvalue weighted by atomic mass is 16.6. The van der Waals surface area contributed by atoms with E-state index < -0.39 is 11.7 Å². The normalized spacial score (nSPS) is 26.4. The number of nitrogens with one attached hydrogen (secondary N) is 1. The molecule has 1 unspecified atom stereocenters. The third-order valence-electron chi connectivity index (χ3n) is 2.09. The Labute approximate surface area is 89.8 Å². The van der Waals surface area contributed by atoms with E-state index in [-0.39, 0.29) is 18.8 Å². The lowest BCUT2D eigenvalue weighted by Crippen LogP contribution is -2.44. The number of hydrogen-bond acceptors (Lipinski definition) is 4. The second-order valence-corrected chi connectivity index (χ2v) is 4.63. The fourth-order valence-electron chi connectivity index (χ4n) is 1.45. The molecule has 2 atom stereocenters. The average molecular weight is 217 g/mol. The zero-order chi connectivity index (χ0) is 11.5. The quantitative estimate of drug-likeness (QED) is 0.713. The third-order valence-corrected chi connectivity index (χ3v) is 2.09. The Morgan fingerprint density at radius 1 is 1.60 bits per heavy atom. The van der Waals surface area contributed by atoms with E-state index in [0.29, 0.717) is 13.0 Å². The van der Waals surface area contributed by atoms with E-state index in [1.54, 1.807) is 20.8 Å². The van der Waals surface area contributed by atoms with Crippen molar-refractivity contribution in [2.45, 2.75) is 44.9 Å². The van der Waals surface area contributed by atoms with E-state index in [0.717, 1.165) is 0 Å². The van der Waals surface area contributed by atoms with Crippen LogP contribution in [0.2, 0.25) is 0 Å². The van der Waals surface area contributed by atoms with Gasteiger partial charge in [0.1, 0.15) is 11.7 Å². The van der Waals surface area contributed by atoms with Crippen LogP contribution in [0.15, 0.2) is 0 Å². The van der Waals surface area contributed by atoms with Crippen molar-refractivity contribution in [2.75, 3.05) is 13.2 Å². The molecule has 0 aromatic heterocycles. The summed E-state index contributed by atoms with van der Waals surface area (Å²) in [6, 6.07) is -0.148. The van der Waals surface area contributed by atoms with Crippen molar-refractivity contribution in [1.29, 1.82) is 0 Å². The fourth-order valence-corrected chi connectivity index (χ4v) is 1.45. The van der Waals surface area contributed by atoms with E-state index in [2.05, 4.69) is 5.32 Å². The molecule has 0 saturated carbocycles. The molecule has 0 aromatic rings. The maximum Gasteiger partial charge on any atom is 0.407 e. The van der Waals surface area contributed by atoms with E-state index in [1.165, 1.54) is 0 Å². The first-order chi connectivity index (χ1) is 6.92. The number of ether oxygens (including phenoxy) is 2. The number of alkyl carbamates (subject to hydrolysis) is 1. The molecule has 0 aromatic carbocycles. The zero-order valence-corrected chi connectivity index (χ0v) is 9.45. The summed E-state index contributed by atoms with van der Waals surface area (Å²) in [7, 11) is 0. The maximum absolute atomic E-state index is 11.4. The maximum atomic E-state index is 11.4. The molecular formula is C10H19NO4. The number of hydrogen-bond donors (Lipinski definition) is 2. The van der Waals surface area contributed by atoms with Gasteiger partial charge in [-0.1, -0.05) is 0 Å². The van der Waals surface area contributed by atoms with Crippen molar-refractivity contribution >= 4 is 6.09 Å². The molecule has 0 radical (unpaired) electrons. The number of rotatable bonds is 2. The molecule has 88 valence electrons. The fraction of sp³-hybridized carbons (Fsp3) is 0.900.